The predicted octanol–water partition coefficient (Wildman–Crippen LogP) is 11.8. The van der Waals surface area contributed by atoms with Crippen molar-refractivity contribution in [1.82, 2.24) is 49.0 Å². The van der Waals surface area contributed by atoms with Crippen LogP contribution in [0.4, 0.5) is 0 Å². The molecule has 0 fully saturated rings. The summed E-state index contributed by atoms with van der Waals surface area (Å²) in [4.78, 5) is 177. The van der Waals surface area contributed by atoms with E-state index < -0.39 is 92.4 Å². The van der Waals surface area contributed by atoms with E-state index in [1.165, 1.54) is 45.6 Å². The zero-order valence-electron chi connectivity index (χ0n) is 73.3. The number of halogens is 1. The van der Waals surface area contributed by atoms with Gasteiger partial charge in [0.25, 0.3) is 0 Å². The number of carbonyl (C=O) groups is 11. The Bertz CT molecular complexity index is 3530. The summed E-state index contributed by atoms with van der Waals surface area (Å²) in [5.41, 5.74) is 21.5. The molecule has 0 aromatic heterocycles. The molecule has 0 heterocycles. The molecule has 25 heteroatoms. The molecule has 0 aliphatic rings. The minimum absolute atomic E-state index is 0.00776. The Morgan fingerprint density at radius 3 is 0.731 bits per heavy atom. The molecule has 119 heavy (non-hydrogen) atoms. The molecule has 0 saturated heterocycles. The van der Waals surface area contributed by atoms with Crippen LogP contribution in [0, 0.1) is 11.8 Å². The number of nitrogens with zero attached hydrogens (tertiary/aromatic N) is 10. The molecular formula is C94H148BrN13O11. The van der Waals surface area contributed by atoms with Gasteiger partial charge in [-0.1, -0.05) is 307 Å². The molecule has 0 spiro atoms. The van der Waals surface area contributed by atoms with Gasteiger partial charge in [0.1, 0.15) is 0 Å². The first-order chi connectivity index (χ1) is 57.6. The van der Waals surface area contributed by atoms with Crippen LogP contribution in [-0.2, 0) is 78.4 Å². The highest BCUT2D eigenvalue weighted by molar-refractivity contribution is 9.09. The van der Waals surface area contributed by atoms with Crippen molar-refractivity contribution in [3.63, 3.8) is 0 Å². The molecule has 2 unspecified atom stereocenters. The minimum atomic E-state index is -0.644. The molecule has 0 saturated carbocycles. The number of benzene rings is 4. The Morgan fingerprint density at radius 2 is 0.487 bits per heavy atom. The van der Waals surface area contributed by atoms with Crippen molar-refractivity contribution in [2.24, 2.45) is 29.0 Å². The quantitative estimate of drug-likeness (QED) is 0.0274. The molecule has 4 aromatic rings. The van der Waals surface area contributed by atoms with Crippen LogP contribution in [0.2, 0.25) is 0 Å². The van der Waals surface area contributed by atoms with Crippen LogP contribution < -0.4 is 17.2 Å². The monoisotopic (exact) mass is 1710 g/mol. The lowest BCUT2D eigenvalue weighted by Crippen LogP contribution is -2.54. The highest BCUT2D eigenvalue weighted by Crippen LogP contribution is 2.21. The van der Waals surface area contributed by atoms with Gasteiger partial charge in [-0.05, 0) is 85.5 Å². The van der Waals surface area contributed by atoms with Gasteiger partial charge in [-0.15, -0.1) is 0 Å². The predicted molar refractivity (Wildman–Crippen MR) is 479 cm³/mol. The highest BCUT2D eigenvalue weighted by Gasteiger charge is 2.34. The molecule has 0 aliphatic heterocycles. The number of alkyl halides is 1. The molecule has 6 N–H and O–H groups in total. The van der Waals surface area contributed by atoms with E-state index in [4.69, 9.17) is 17.2 Å². The van der Waals surface area contributed by atoms with Crippen molar-refractivity contribution in [1.29, 1.82) is 0 Å². The summed E-state index contributed by atoms with van der Waals surface area (Å²) >= 11 is 3.22. The van der Waals surface area contributed by atoms with E-state index in [-0.39, 0.29) is 127 Å². The molecule has 4 rings (SSSR count). The van der Waals surface area contributed by atoms with Gasteiger partial charge in [0.05, 0.1) is 70.8 Å². The molecule has 4 aromatic carbocycles. The van der Waals surface area contributed by atoms with E-state index in [9.17, 15) is 24.0 Å². The van der Waals surface area contributed by atoms with Crippen molar-refractivity contribution in [3.8, 4) is 0 Å². The van der Waals surface area contributed by atoms with Crippen LogP contribution in [0.1, 0.15) is 218 Å². The maximum Gasteiger partial charge on any atom is 0.242 e. The van der Waals surface area contributed by atoms with Crippen molar-refractivity contribution < 1.29 is 52.7 Å². The lowest BCUT2D eigenvalue weighted by Gasteiger charge is -2.34. The summed E-state index contributed by atoms with van der Waals surface area (Å²) in [5, 5.41) is -0.0415. The SMILES string of the molecule is CCCCCCCCCCN(CC(=O)N(CC(=O)N(CCCCCCCCCC)CC(=O)N(CC(N)=O)CC(CC)CCCC)CC(CC)CCCC)C(=O)CN(CCc1ccccc1)C(=O)CN(CCc1ccccc1)C(=O)CN(CCN)C(=O)CN(CCc1ccccc1)C(=O)CN(CCc1ccccc1)C(=O)CN(CCN)C(=O)CBr. The van der Waals surface area contributed by atoms with E-state index in [0.29, 0.717) is 45.1 Å². The summed E-state index contributed by atoms with van der Waals surface area (Å²) in [7, 11) is 0. The second-order valence-corrected chi connectivity index (χ2v) is 32.5. The van der Waals surface area contributed by atoms with E-state index >= 15 is 28.8 Å². The maximum atomic E-state index is 15.7. The van der Waals surface area contributed by atoms with Crippen molar-refractivity contribution >= 4 is 80.9 Å². The topological polar surface area (TPSA) is 298 Å². The number of carbonyl (C=O) groups excluding carboxylic acids is 11. The van der Waals surface area contributed by atoms with Crippen LogP contribution in [-0.4, -0.2) is 263 Å². The fraction of sp³-hybridized carbons (Fsp3) is 0.628. The van der Waals surface area contributed by atoms with Gasteiger partial charge in [0.2, 0.25) is 65.0 Å². The standard InChI is InChI=1S/C94H148BrN13O11/c1-7-13-17-19-21-23-25-39-57-99(76-94(119)108(67-79(12-6)42-16-10-4)77-92(117)100(58-40-26-24-22-20-18-14-8-2)75-93(118)107(68-84(98)109)66-78(11-5)41-15-9-3)86(111)69-101(59-51-80-43-31-27-32-44-80)87(112)71-103(61-53-82-47-35-29-36-48-82)90(115)74-106(64-56-97)91(116)72-104(62-54-83-49-37-30-38-50-83)88(113)70-102(60-52-81-45-33-28-34-46-81)89(114)73-105(63-55-96)85(110)65-95/h27-38,43-50,78-79H,7-26,39-42,51-77,96-97H2,1-6H3,(H2,98,109). The number of primary amides is 1. The second kappa shape index (κ2) is 62.6. The fourth-order valence-electron chi connectivity index (χ4n) is 14.8. The molecule has 662 valence electrons. The number of hydrogen-bond donors (Lipinski definition) is 3. The van der Waals surface area contributed by atoms with Gasteiger partial charge in [0, 0.05) is 78.5 Å². The van der Waals surface area contributed by atoms with Gasteiger partial charge < -0.3 is 66.2 Å². The van der Waals surface area contributed by atoms with Crippen molar-refractivity contribution in [2.45, 2.75) is 221 Å². The van der Waals surface area contributed by atoms with Crippen molar-refractivity contribution in [3.05, 3.63) is 144 Å². The molecule has 0 bridgehead atoms. The summed E-state index contributed by atoms with van der Waals surface area (Å²) in [6.07, 6.45) is 24.1. The third-order valence-electron chi connectivity index (χ3n) is 22.4. The maximum absolute atomic E-state index is 15.7. The van der Waals surface area contributed by atoms with E-state index in [1.807, 2.05) is 121 Å². The Hall–Kier alpha value is -8.55. The number of amides is 11. The average Bonchev–Trinajstić information content (AvgIpc) is 0.853. The van der Waals surface area contributed by atoms with Crippen LogP contribution in [0.15, 0.2) is 121 Å². The average molecular weight is 1720 g/mol. The molecule has 2 atom stereocenters. The summed E-state index contributed by atoms with van der Waals surface area (Å²) in [6, 6.07) is 37.9. The lowest BCUT2D eigenvalue weighted by atomic mass is 9.98. The zero-order chi connectivity index (χ0) is 86.8. The Labute approximate surface area is 721 Å². The Balaban J connectivity index is 1.79. The van der Waals surface area contributed by atoms with Gasteiger partial charge in [-0.2, -0.15) is 0 Å². The van der Waals surface area contributed by atoms with Gasteiger partial charge in [-0.25, -0.2) is 0 Å². The lowest BCUT2D eigenvalue weighted by molar-refractivity contribution is -0.149. The molecule has 11 amide bonds. The third kappa shape index (κ3) is 43.0. The molecule has 0 radical (unpaired) electrons. The highest BCUT2D eigenvalue weighted by atomic mass is 79.9. The molecular weight excluding hydrogens is 1570 g/mol. The number of rotatable bonds is 67. The van der Waals surface area contributed by atoms with Crippen LogP contribution in [0.5, 0.6) is 0 Å². The largest absolute Gasteiger partial charge is 0.368 e. The van der Waals surface area contributed by atoms with E-state index in [0.717, 1.165) is 157 Å². The summed E-state index contributed by atoms with van der Waals surface area (Å²) in [5.74, 6) is -5.40. The fourth-order valence-corrected chi connectivity index (χ4v) is 15.1. The van der Waals surface area contributed by atoms with E-state index in [1.54, 1.807) is 9.80 Å². The van der Waals surface area contributed by atoms with Gasteiger partial charge >= 0.3 is 0 Å². The smallest absolute Gasteiger partial charge is 0.242 e. The van der Waals surface area contributed by atoms with E-state index in [2.05, 4.69) is 57.5 Å². The van der Waals surface area contributed by atoms with Crippen LogP contribution in [0.25, 0.3) is 0 Å². The first-order valence-corrected chi connectivity index (χ1v) is 45.9. The number of unbranched alkanes of at least 4 members (excludes halogenated alkanes) is 16. The van der Waals surface area contributed by atoms with Gasteiger partial charge in [0.15, 0.2) is 0 Å². The third-order valence-corrected chi connectivity index (χ3v) is 22.9. The molecule has 0 aliphatic carbocycles. The Kier molecular flexibility index (Phi) is 54.0. The summed E-state index contributed by atoms with van der Waals surface area (Å²) in [6.45, 7) is 9.92. The number of hydrogen-bond acceptors (Lipinski definition) is 13. The molecule has 24 nitrogen and oxygen atoms in total. The van der Waals surface area contributed by atoms with Gasteiger partial charge in [-0.3, -0.25) is 52.7 Å². The van der Waals surface area contributed by atoms with Crippen LogP contribution >= 0.6 is 15.9 Å². The minimum Gasteiger partial charge on any atom is -0.368 e. The first kappa shape index (κ1) is 103. The number of nitrogens with two attached hydrogens (primary N) is 3. The first-order valence-electron chi connectivity index (χ1n) is 44.8. The second-order valence-electron chi connectivity index (χ2n) is 32.0. The normalized spacial score (nSPS) is 11.6. The van der Waals surface area contributed by atoms with Crippen LogP contribution in [0.3, 0.4) is 0 Å². The zero-order valence-corrected chi connectivity index (χ0v) is 74.9. The van der Waals surface area contributed by atoms with Crippen molar-refractivity contribution in [2.75, 3.05) is 149 Å². The summed E-state index contributed by atoms with van der Waals surface area (Å²) < 4.78 is 0. The Morgan fingerprint density at radius 1 is 0.269 bits per heavy atom.